The Hall–Kier alpha value is -0.160. The fourth-order valence-corrected chi connectivity index (χ4v) is 3.36. The summed E-state index contributed by atoms with van der Waals surface area (Å²) in [6.07, 6.45) is 4.86. The third kappa shape index (κ3) is 3.23. The molecule has 0 aromatic rings. The van der Waals surface area contributed by atoms with E-state index in [2.05, 4.69) is 19.9 Å². The van der Waals surface area contributed by atoms with Gasteiger partial charge in [0.2, 0.25) is 0 Å². The molecule has 13 heavy (non-hydrogen) atoms. The summed E-state index contributed by atoms with van der Waals surface area (Å²) in [5.41, 5.74) is 0. The molecular formula is C11H19NS. The maximum atomic E-state index is 8.98. The van der Waals surface area contributed by atoms with Gasteiger partial charge in [-0.25, -0.2) is 0 Å². The van der Waals surface area contributed by atoms with E-state index in [1.54, 1.807) is 0 Å². The molecule has 0 radical (unpaired) electrons. The van der Waals surface area contributed by atoms with Crippen molar-refractivity contribution in [3.05, 3.63) is 0 Å². The minimum Gasteiger partial charge on any atom is -0.198 e. The first kappa shape index (κ1) is 10.9. The van der Waals surface area contributed by atoms with Crippen molar-refractivity contribution in [3.8, 4) is 6.07 Å². The van der Waals surface area contributed by atoms with Gasteiger partial charge in [-0.15, -0.1) is 0 Å². The molecule has 2 heteroatoms. The van der Waals surface area contributed by atoms with Gasteiger partial charge in [-0.3, -0.25) is 0 Å². The van der Waals surface area contributed by atoms with E-state index < -0.39 is 0 Å². The van der Waals surface area contributed by atoms with E-state index in [1.807, 2.05) is 11.8 Å². The summed E-state index contributed by atoms with van der Waals surface area (Å²) in [4.78, 5) is 0. The Balaban J connectivity index is 2.41. The third-order valence-corrected chi connectivity index (χ3v) is 4.35. The lowest BCUT2D eigenvalue weighted by Crippen LogP contribution is -2.25. The number of hydrogen-bond donors (Lipinski definition) is 0. The summed E-state index contributed by atoms with van der Waals surface area (Å²) < 4.78 is 0. The molecule has 0 bridgehead atoms. The van der Waals surface area contributed by atoms with Crippen LogP contribution in [0.2, 0.25) is 0 Å². The number of nitrogens with zero attached hydrogens (tertiary/aromatic N) is 1. The Kier molecular flexibility index (Phi) is 4.66. The summed E-state index contributed by atoms with van der Waals surface area (Å²) in [6, 6.07) is 2.46. The molecule has 74 valence electrons. The van der Waals surface area contributed by atoms with Gasteiger partial charge in [-0.1, -0.05) is 13.8 Å². The molecule has 0 spiro atoms. The molecule has 3 unspecified atom stereocenters. The molecule has 0 saturated heterocycles. The van der Waals surface area contributed by atoms with Crippen LogP contribution in [0, 0.1) is 23.2 Å². The van der Waals surface area contributed by atoms with Crippen LogP contribution in [0.5, 0.6) is 0 Å². The van der Waals surface area contributed by atoms with Gasteiger partial charge in [0.1, 0.15) is 0 Å². The maximum absolute atomic E-state index is 8.98. The predicted molar refractivity (Wildman–Crippen MR) is 58.7 cm³/mol. The van der Waals surface area contributed by atoms with Gasteiger partial charge < -0.3 is 0 Å². The second-order valence-corrected chi connectivity index (χ2v) is 5.41. The first-order chi connectivity index (χ1) is 6.27. The Morgan fingerprint density at radius 3 is 2.85 bits per heavy atom. The first-order valence-electron chi connectivity index (χ1n) is 5.29. The summed E-state index contributed by atoms with van der Waals surface area (Å²) in [5.74, 6) is 2.38. The van der Waals surface area contributed by atoms with Gasteiger partial charge in [-0.2, -0.15) is 17.0 Å². The summed E-state index contributed by atoms with van der Waals surface area (Å²) in [6.45, 7) is 4.52. The van der Waals surface area contributed by atoms with Crippen molar-refractivity contribution < 1.29 is 0 Å². The van der Waals surface area contributed by atoms with E-state index in [4.69, 9.17) is 5.26 Å². The quantitative estimate of drug-likeness (QED) is 0.692. The molecule has 1 saturated carbocycles. The van der Waals surface area contributed by atoms with E-state index >= 15 is 0 Å². The van der Waals surface area contributed by atoms with Crippen molar-refractivity contribution in [2.75, 3.05) is 5.75 Å². The minimum atomic E-state index is 0.327. The topological polar surface area (TPSA) is 23.8 Å². The first-order valence-corrected chi connectivity index (χ1v) is 6.34. The maximum Gasteiger partial charge on any atom is 0.0667 e. The van der Waals surface area contributed by atoms with Crippen LogP contribution in [-0.4, -0.2) is 11.0 Å². The minimum absolute atomic E-state index is 0.327. The van der Waals surface area contributed by atoms with Gasteiger partial charge in [0.15, 0.2) is 0 Å². The van der Waals surface area contributed by atoms with E-state index in [9.17, 15) is 0 Å². The third-order valence-electron chi connectivity index (χ3n) is 2.76. The highest BCUT2D eigenvalue weighted by molar-refractivity contribution is 7.99. The van der Waals surface area contributed by atoms with Crippen LogP contribution in [0.1, 0.15) is 39.5 Å². The average molecular weight is 197 g/mol. The van der Waals surface area contributed by atoms with Gasteiger partial charge >= 0.3 is 0 Å². The normalized spacial score (nSPS) is 34.1. The standard InChI is InChI=1S/C11H19NS/c1-3-6-13-11-7-9(2)4-5-10(11)8-12/h9-11H,3-7H2,1-2H3. The van der Waals surface area contributed by atoms with Crippen molar-refractivity contribution >= 4 is 11.8 Å². The zero-order valence-electron chi connectivity index (χ0n) is 8.62. The summed E-state index contributed by atoms with van der Waals surface area (Å²) in [7, 11) is 0. The fraction of sp³-hybridized carbons (Fsp3) is 0.909. The Labute approximate surface area is 85.9 Å². The second-order valence-electron chi connectivity index (χ2n) is 4.06. The lowest BCUT2D eigenvalue weighted by Gasteiger charge is -2.30. The molecule has 0 aromatic heterocycles. The molecule has 1 aliphatic carbocycles. The molecule has 0 amide bonds. The fourth-order valence-electron chi connectivity index (χ4n) is 1.93. The van der Waals surface area contributed by atoms with Crippen molar-refractivity contribution in [2.24, 2.45) is 11.8 Å². The smallest absolute Gasteiger partial charge is 0.0667 e. The molecule has 1 aliphatic rings. The Morgan fingerprint density at radius 2 is 2.23 bits per heavy atom. The van der Waals surface area contributed by atoms with E-state index in [0.717, 1.165) is 12.3 Å². The summed E-state index contributed by atoms with van der Waals surface area (Å²) in [5, 5.41) is 9.60. The lowest BCUT2D eigenvalue weighted by molar-refractivity contribution is 0.346. The lowest BCUT2D eigenvalue weighted by atomic mass is 9.83. The SMILES string of the molecule is CCCSC1CC(C)CCC1C#N. The molecule has 0 N–H and O–H groups in total. The van der Waals surface area contributed by atoms with Crippen LogP contribution in [0.15, 0.2) is 0 Å². The van der Waals surface area contributed by atoms with Crippen LogP contribution in [0.3, 0.4) is 0 Å². The molecule has 1 nitrogen and oxygen atoms in total. The van der Waals surface area contributed by atoms with Crippen molar-refractivity contribution in [2.45, 2.75) is 44.8 Å². The average Bonchev–Trinajstić information content (AvgIpc) is 2.15. The highest BCUT2D eigenvalue weighted by Gasteiger charge is 2.28. The molecule has 0 aromatic carbocycles. The Bertz CT molecular complexity index is 185. The highest BCUT2D eigenvalue weighted by atomic mass is 32.2. The highest BCUT2D eigenvalue weighted by Crippen LogP contribution is 2.36. The molecule has 1 fully saturated rings. The van der Waals surface area contributed by atoms with E-state index in [1.165, 1.54) is 25.0 Å². The van der Waals surface area contributed by atoms with Crippen LogP contribution < -0.4 is 0 Å². The van der Waals surface area contributed by atoms with Crippen LogP contribution in [-0.2, 0) is 0 Å². The van der Waals surface area contributed by atoms with Gasteiger partial charge in [0.25, 0.3) is 0 Å². The summed E-state index contributed by atoms with van der Waals surface area (Å²) >= 11 is 2.01. The van der Waals surface area contributed by atoms with Crippen LogP contribution in [0.25, 0.3) is 0 Å². The zero-order chi connectivity index (χ0) is 9.68. The van der Waals surface area contributed by atoms with Gasteiger partial charge in [-0.05, 0) is 37.4 Å². The van der Waals surface area contributed by atoms with Crippen molar-refractivity contribution in [3.63, 3.8) is 0 Å². The number of hydrogen-bond acceptors (Lipinski definition) is 2. The van der Waals surface area contributed by atoms with Crippen molar-refractivity contribution in [1.82, 2.24) is 0 Å². The van der Waals surface area contributed by atoms with Crippen LogP contribution in [0.4, 0.5) is 0 Å². The van der Waals surface area contributed by atoms with Gasteiger partial charge in [0, 0.05) is 5.25 Å². The molecule has 0 heterocycles. The predicted octanol–water partition coefficient (Wildman–Crippen LogP) is 3.46. The number of rotatable bonds is 3. The molecule has 0 aliphatic heterocycles. The van der Waals surface area contributed by atoms with E-state index in [0.29, 0.717) is 11.2 Å². The largest absolute Gasteiger partial charge is 0.198 e. The number of thioether (sulfide) groups is 1. The van der Waals surface area contributed by atoms with Crippen molar-refractivity contribution in [1.29, 1.82) is 5.26 Å². The number of nitriles is 1. The molecular weight excluding hydrogens is 178 g/mol. The second kappa shape index (κ2) is 5.54. The zero-order valence-corrected chi connectivity index (χ0v) is 9.44. The molecule has 3 atom stereocenters. The van der Waals surface area contributed by atoms with Crippen LogP contribution >= 0.6 is 11.8 Å². The van der Waals surface area contributed by atoms with E-state index in [-0.39, 0.29) is 0 Å². The van der Waals surface area contributed by atoms with Gasteiger partial charge in [0.05, 0.1) is 12.0 Å². The monoisotopic (exact) mass is 197 g/mol. The Morgan fingerprint density at radius 1 is 1.46 bits per heavy atom. The molecule has 1 rings (SSSR count).